The lowest BCUT2D eigenvalue weighted by molar-refractivity contribution is 0.355. The van der Waals surface area contributed by atoms with E-state index < -0.39 is 0 Å². The van der Waals surface area contributed by atoms with E-state index in [9.17, 15) is 4.79 Å². The molecule has 5 nitrogen and oxygen atoms in total. The van der Waals surface area contributed by atoms with E-state index in [0.717, 1.165) is 11.1 Å². The van der Waals surface area contributed by atoms with Gasteiger partial charge in [-0.25, -0.2) is 9.38 Å². The summed E-state index contributed by atoms with van der Waals surface area (Å²) in [7, 11) is 3.15. The molecule has 0 aliphatic heterocycles. The molecule has 4 aromatic rings. The van der Waals surface area contributed by atoms with E-state index in [4.69, 9.17) is 9.47 Å². The van der Waals surface area contributed by atoms with E-state index in [-0.39, 0.29) is 5.56 Å². The summed E-state index contributed by atoms with van der Waals surface area (Å²) in [5.74, 6) is 1.17. The minimum atomic E-state index is -0.0754. The van der Waals surface area contributed by atoms with Crippen molar-refractivity contribution in [3.05, 3.63) is 62.9 Å². The summed E-state index contributed by atoms with van der Waals surface area (Å²) in [6.45, 7) is 0. The van der Waals surface area contributed by atoms with Crippen LogP contribution >= 0.6 is 11.3 Å². The maximum absolute atomic E-state index is 12.8. The number of hydrogen-bond donors (Lipinski definition) is 0. The molecule has 24 heavy (non-hydrogen) atoms. The van der Waals surface area contributed by atoms with Crippen LogP contribution in [0, 0.1) is 0 Å². The van der Waals surface area contributed by atoms with Crippen molar-refractivity contribution < 1.29 is 9.47 Å². The van der Waals surface area contributed by atoms with Crippen LogP contribution in [0.3, 0.4) is 0 Å². The van der Waals surface area contributed by atoms with E-state index in [1.807, 2.05) is 36.4 Å². The standard InChI is InChI=1S/C18H14N2O3S/c1-22-14-9-12-13(10-15(14)23-2)20-17(21)16(24-18(20)19-12)8-11-6-4-3-5-7-11/h3-10H,1-2H3/b16-8+. The van der Waals surface area contributed by atoms with Crippen LogP contribution in [0.25, 0.3) is 22.1 Å². The molecule has 0 saturated heterocycles. The molecule has 0 spiro atoms. The third-order valence-corrected chi connectivity index (χ3v) is 4.81. The smallest absolute Gasteiger partial charge is 0.274 e. The molecule has 120 valence electrons. The number of fused-ring (bicyclic) bond motifs is 3. The fraction of sp³-hybridized carbons (Fsp3) is 0.111. The minimum absolute atomic E-state index is 0.0754. The van der Waals surface area contributed by atoms with E-state index in [2.05, 4.69) is 4.98 Å². The zero-order chi connectivity index (χ0) is 16.7. The molecule has 0 amide bonds. The van der Waals surface area contributed by atoms with Gasteiger partial charge in [0.2, 0.25) is 0 Å². The number of aromatic nitrogens is 2. The molecule has 0 aliphatic rings. The van der Waals surface area contributed by atoms with Gasteiger partial charge in [0.25, 0.3) is 5.56 Å². The summed E-state index contributed by atoms with van der Waals surface area (Å²) >= 11 is 1.37. The second-order valence-electron chi connectivity index (χ2n) is 5.25. The van der Waals surface area contributed by atoms with E-state index in [1.54, 1.807) is 30.8 Å². The Balaban J connectivity index is 2.00. The van der Waals surface area contributed by atoms with Crippen molar-refractivity contribution in [3.8, 4) is 11.5 Å². The fourth-order valence-electron chi connectivity index (χ4n) is 2.69. The first kappa shape index (κ1) is 14.7. The summed E-state index contributed by atoms with van der Waals surface area (Å²) < 4.78 is 12.9. The average Bonchev–Trinajstić information content (AvgIpc) is 3.10. The number of thiazole rings is 1. The van der Waals surface area contributed by atoms with Crippen LogP contribution in [-0.2, 0) is 0 Å². The van der Waals surface area contributed by atoms with Crippen LogP contribution in [0.4, 0.5) is 0 Å². The van der Waals surface area contributed by atoms with Crippen LogP contribution in [0.5, 0.6) is 11.5 Å². The molecule has 4 rings (SSSR count). The largest absolute Gasteiger partial charge is 0.493 e. The van der Waals surface area contributed by atoms with Gasteiger partial charge < -0.3 is 9.47 Å². The van der Waals surface area contributed by atoms with Gasteiger partial charge in [0.05, 0.1) is 29.8 Å². The summed E-state index contributed by atoms with van der Waals surface area (Å²) in [4.78, 5) is 18.0. The molecule has 2 aromatic heterocycles. The number of nitrogens with zero attached hydrogens (tertiary/aromatic N) is 2. The summed E-state index contributed by atoms with van der Waals surface area (Å²) in [6.07, 6.45) is 1.88. The second kappa shape index (κ2) is 5.65. The summed E-state index contributed by atoms with van der Waals surface area (Å²) in [6, 6.07) is 13.3. The van der Waals surface area contributed by atoms with Crippen LogP contribution in [0.1, 0.15) is 5.56 Å². The molecule has 0 atom stereocenters. The lowest BCUT2D eigenvalue weighted by atomic mass is 10.2. The third kappa shape index (κ3) is 2.23. The first-order valence-corrected chi connectivity index (χ1v) is 8.16. The zero-order valence-corrected chi connectivity index (χ0v) is 14.0. The highest BCUT2D eigenvalue weighted by Crippen LogP contribution is 2.32. The maximum Gasteiger partial charge on any atom is 0.274 e. The Morgan fingerprint density at radius 2 is 1.79 bits per heavy atom. The van der Waals surface area contributed by atoms with Crippen LogP contribution in [0.15, 0.2) is 47.3 Å². The predicted molar refractivity (Wildman–Crippen MR) is 95.2 cm³/mol. The number of methoxy groups -OCH3 is 2. The molecule has 0 fully saturated rings. The number of imidazole rings is 1. The molecular formula is C18H14N2O3S. The lowest BCUT2D eigenvalue weighted by Gasteiger charge is -2.06. The average molecular weight is 338 g/mol. The van der Waals surface area contributed by atoms with Gasteiger partial charge in [0.15, 0.2) is 16.5 Å². The Labute approximate surface area is 141 Å². The van der Waals surface area contributed by atoms with Crippen molar-refractivity contribution in [2.24, 2.45) is 0 Å². The normalized spacial score (nSPS) is 12.2. The van der Waals surface area contributed by atoms with Crippen LogP contribution < -0.4 is 19.6 Å². The third-order valence-electron chi connectivity index (χ3n) is 3.84. The Morgan fingerprint density at radius 3 is 2.50 bits per heavy atom. The van der Waals surface area contributed by atoms with E-state index in [1.165, 1.54) is 11.3 Å². The van der Waals surface area contributed by atoms with Gasteiger partial charge in [-0.05, 0) is 11.6 Å². The predicted octanol–water partition coefficient (Wildman–Crippen LogP) is 2.47. The van der Waals surface area contributed by atoms with Gasteiger partial charge in [0.1, 0.15) is 0 Å². The van der Waals surface area contributed by atoms with Crippen molar-refractivity contribution >= 4 is 33.4 Å². The molecule has 2 heterocycles. The molecule has 0 radical (unpaired) electrons. The Bertz CT molecular complexity index is 1150. The zero-order valence-electron chi connectivity index (χ0n) is 13.1. The van der Waals surface area contributed by atoms with Gasteiger partial charge in [-0.3, -0.25) is 4.79 Å². The lowest BCUT2D eigenvalue weighted by Crippen LogP contribution is -2.22. The summed E-state index contributed by atoms with van der Waals surface area (Å²) in [5.41, 5.74) is 2.34. The molecular weight excluding hydrogens is 324 g/mol. The van der Waals surface area contributed by atoms with Crippen molar-refractivity contribution in [2.75, 3.05) is 14.2 Å². The van der Waals surface area contributed by atoms with Crippen molar-refractivity contribution in [1.29, 1.82) is 0 Å². The fourth-order valence-corrected chi connectivity index (χ4v) is 3.68. The van der Waals surface area contributed by atoms with E-state index in [0.29, 0.717) is 26.5 Å². The highest BCUT2D eigenvalue weighted by molar-refractivity contribution is 7.15. The van der Waals surface area contributed by atoms with Crippen molar-refractivity contribution in [3.63, 3.8) is 0 Å². The van der Waals surface area contributed by atoms with Gasteiger partial charge in [-0.15, -0.1) is 0 Å². The highest BCUT2D eigenvalue weighted by atomic mass is 32.1. The van der Waals surface area contributed by atoms with Crippen molar-refractivity contribution in [1.82, 2.24) is 9.38 Å². The number of hydrogen-bond acceptors (Lipinski definition) is 5. The molecule has 6 heteroatoms. The quantitative estimate of drug-likeness (QED) is 0.576. The first-order chi connectivity index (χ1) is 11.7. The molecule has 0 saturated carbocycles. The van der Waals surface area contributed by atoms with E-state index >= 15 is 0 Å². The number of rotatable bonds is 3. The Kier molecular flexibility index (Phi) is 3.46. The maximum atomic E-state index is 12.8. The van der Waals surface area contributed by atoms with Crippen LogP contribution in [-0.4, -0.2) is 23.6 Å². The SMILES string of the molecule is COc1cc2nc3s/c(=C/c4ccccc4)c(=O)n3c2cc1OC. The first-order valence-electron chi connectivity index (χ1n) is 7.35. The minimum Gasteiger partial charge on any atom is -0.493 e. The van der Waals surface area contributed by atoms with Gasteiger partial charge in [-0.1, -0.05) is 41.7 Å². The van der Waals surface area contributed by atoms with Gasteiger partial charge >= 0.3 is 0 Å². The Hall–Kier alpha value is -2.86. The second-order valence-corrected chi connectivity index (χ2v) is 6.26. The Morgan fingerprint density at radius 1 is 1.08 bits per heavy atom. The molecule has 2 aromatic carbocycles. The number of benzene rings is 2. The van der Waals surface area contributed by atoms with Gasteiger partial charge in [-0.2, -0.15) is 0 Å². The van der Waals surface area contributed by atoms with Crippen molar-refractivity contribution in [2.45, 2.75) is 0 Å². The highest BCUT2D eigenvalue weighted by Gasteiger charge is 2.15. The molecule has 0 N–H and O–H groups in total. The van der Waals surface area contributed by atoms with Gasteiger partial charge in [0, 0.05) is 12.1 Å². The summed E-state index contributed by atoms with van der Waals surface area (Å²) in [5, 5.41) is 0. The molecule has 0 unspecified atom stereocenters. The number of ether oxygens (including phenoxy) is 2. The monoisotopic (exact) mass is 338 g/mol. The van der Waals surface area contributed by atoms with Crippen LogP contribution in [0.2, 0.25) is 0 Å². The molecule has 0 bridgehead atoms. The molecule has 0 aliphatic carbocycles. The topological polar surface area (TPSA) is 52.8 Å².